The van der Waals surface area contributed by atoms with E-state index in [-0.39, 0.29) is 24.7 Å². The molecule has 1 aliphatic heterocycles. The van der Waals surface area contributed by atoms with Crippen LogP contribution in [0.2, 0.25) is 0 Å². The number of hydrogen-bond acceptors (Lipinski definition) is 5. The number of hydrogen-bond donors (Lipinski definition) is 3. The quantitative estimate of drug-likeness (QED) is 0.676. The SMILES string of the molecule is O=C(CCC1NC(=O)NC1=O)NCc1cn2ccsc2n1. The summed E-state index contributed by atoms with van der Waals surface area (Å²) < 4.78 is 1.89. The average molecular weight is 307 g/mol. The molecule has 4 amide bonds. The number of aromatic nitrogens is 2. The van der Waals surface area contributed by atoms with Crippen molar-refractivity contribution in [1.82, 2.24) is 25.3 Å². The molecule has 0 aliphatic carbocycles. The van der Waals surface area contributed by atoms with Gasteiger partial charge in [-0.15, -0.1) is 11.3 Å². The van der Waals surface area contributed by atoms with Crippen molar-refractivity contribution < 1.29 is 14.4 Å². The first kappa shape index (κ1) is 13.6. The molecule has 1 atom stereocenters. The number of carbonyl (C=O) groups excluding carboxylic acids is 3. The lowest BCUT2D eigenvalue weighted by Crippen LogP contribution is -2.31. The zero-order valence-corrected chi connectivity index (χ0v) is 11.8. The van der Waals surface area contributed by atoms with Crippen molar-refractivity contribution in [2.75, 3.05) is 0 Å². The van der Waals surface area contributed by atoms with Gasteiger partial charge in [-0.25, -0.2) is 9.78 Å². The molecule has 1 aliphatic rings. The van der Waals surface area contributed by atoms with E-state index in [1.807, 2.05) is 22.2 Å². The Morgan fingerprint density at radius 1 is 1.48 bits per heavy atom. The molecule has 0 bridgehead atoms. The second-order valence-electron chi connectivity index (χ2n) is 4.66. The Hall–Kier alpha value is -2.42. The number of imidazole rings is 1. The van der Waals surface area contributed by atoms with Gasteiger partial charge in [0, 0.05) is 24.2 Å². The van der Waals surface area contributed by atoms with E-state index in [0.29, 0.717) is 6.54 Å². The van der Waals surface area contributed by atoms with E-state index >= 15 is 0 Å². The highest BCUT2D eigenvalue weighted by Crippen LogP contribution is 2.11. The van der Waals surface area contributed by atoms with Crippen LogP contribution < -0.4 is 16.0 Å². The summed E-state index contributed by atoms with van der Waals surface area (Å²) in [5.41, 5.74) is 0.780. The molecule has 1 saturated heterocycles. The predicted molar refractivity (Wildman–Crippen MR) is 74.6 cm³/mol. The molecular weight excluding hydrogens is 294 g/mol. The van der Waals surface area contributed by atoms with Crippen LogP contribution >= 0.6 is 11.3 Å². The molecule has 0 saturated carbocycles. The summed E-state index contributed by atoms with van der Waals surface area (Å²) in [5, 5.41) is 9.26. The molecule has 1 fully saturated rings. The zero-order chi connectivity index (χ0) is 14.8. The van der Waals surface area contributed by atoms with Gasteiger partial charge in [-0.2, -0.15) is 0 Å². The number of thiazole rings is 1. The van der Waals surface area contributed by atoms with Gasteiger partial charge in [0.05, 0.1) is 12.2 Å². The first-order valence-corrected chi connectivity index (χ1v) is 7.29. The normalized spacial score (nSPS) is 17.8. The van der Waals surface area contributed by atoms with Gasteiger partial charge < -0.3 is 10.6 Å². The summed E-state index contributed by atoms with van der Waals surface area (Å²) in [6.07, 6.45) is 4.21. The first-order valence-electron chi connectivity index (χ1n) is 6.41. The lowest BCUT2D eigenvalue weighted by molar-refractivity contribution is -0.122. The molecule has 3 N–H and O–H groups in total. The van der Waals surface area contributed by atoms with Crippen molar-refractivity contribution in [2.45, 2.75) is 25.4 Å². The lowest BCUT2D eigenvalue weighted by Gasteiger charge is -2.07. The number of imide groups is 1. The lowest BCUT2D eigenvalue weighted by atomic mass is 10.1. The Balaban J connectivity index is 1.45. The fraction of sp³-hybridized carbons (Fsp3) is 0.333. The van der Waals surface area contributed by atoms with Crippen LogP contribution in [-0.2, 0) is 16.1 Å². The molecule has 110 valence electrons. The van der Waals surface area contributed by atoms with Gasteiger partial charge in [0.25, 0.3) is 5.91 Å². The number of carbonyl (C=O) groups is 3. The molecule has 3 rings (SSSR count). The van der Waals surface area contributed by atoms with Gasteiger partial charge in [-0.1, -0.05) is 0 Å². The number of rotatable bonds is 5. The molecule has 2 aromatic heterocycles. The van der Waals surface area contributed by atoms with Gasteiger partial charge in [0.1, 0.15) is 6.04 Å². The average Bonchev–Trinajstić information content (AvgIpc) is 3.08. The van der Waals surface area contributed by atoms with Crippen LogP contribution in [0.15, 0.2) is 17.8 Å². The highest BCUT2D eigenvalue weighted by atomic mass is 32.1. The maximum Gasteiger partial charge on any atom is 0.322 e. The Morgan fingerprint density at radius 3 is 3.05 bits per heavy atom. The molecule has 21 heavy (non-hydrogen) atoms. The second kappa shape index (κ2) is 5.52. The molecular formula is C12H13N5O3S. The fourth-order valence-corrected chi connectivity index (χ4v) is 2.80. The highest BCUT2D eigenvalue weighted by Gasteiger charge is 2.29. The molecule has 0 spiro atoms. The van der Waals surface area contributed by atoms with Crippen molar-refractivity contribution in [3.8, 4) is 0 Å². The van der Waals surface area contributed by atoms with Crippen LogP contribution in [0.3, 0.4) is 0 Å². The van der Waals surface area contributed by atoms with Crippen LogP contribution in [-0.4, -0.2) is 33.3 Å². The fourth-order valence-electron chi connectivity index (χ4n) is 2.08. The van der Waals surface area contributed by atoms with Crippen LogP contribution in [0.1, 0.15) is 18.5 Å². The van der Waals surface area contributed by atoms with E-state index in [1.165, 1.54) is 11.3 Å². The van der Waals surface area contributed by atoms with Gasteiger partial charge in [-0.05, 0) is 6.42 Å². The molecule has 8 nitrogen and oxygen atoms in total. The minimum atomic E-state index is -0.624. The largest absolute Gasteiger partial charge is 0.350 e. The third kappa shape index (κ3) is 3.02. The van der Waals surface area contributed by atoms with Crippen molar-refractivity contribution in [1.29, 1.82) is 0 Å². The summed E-state index contributed by atoms with van der Waals surface area (Å²) in [4.78, 5) is 39.2. The topological polar surface area (TPSA) is 105 Å². The van der Waals surface area contributed by atoms with E-state index in [9.17, 15) is 14.4 Å². The Bertz CT molecular complexity index is 678. The summed E-state index contributed by atoms with van der Waals surface area (Å²) >= 11 is 1.52. The summed E-state index contributed by atoms with van der Waals surface area (Å²) in [6, 6.07) is -1.13. The summed E-state index contributed by atoms with van der Waals surface area (Å²) in [6.45, 7) is 0.344. The third-order valence-corrected chi connectivity index (χ3v) is 3.90. The molecule has 2 aromatic rings. The Labute approximate surface area is 123 Å². The van der Waals surface area contributed by atoms with Crippen LogP contribution in [0.4, 0.5) is 4.79 Å². The number of nitrogens with one attached hydrogen (secondary N) is 3. The van der Waals surface area contributed by atoms with Gasteiger partial charge in [0.2, 0.25) is 5.91 Å². The van der Waals surface area contributed by atoms with Crippen LogP contribution in [0.5, 0.6) is 0 Å². The number of urea groups is 1. The summed E-state index contributed by atoms with van der Waals surface area (Å²) in [7, 11) is 0. The molecule has 3 heterocycles. The number of nitrogens with zero attached hydrogens (tertiary/aromatic N) is 2. The minimum absolute atomic E-state index is 0.167. The minimum Gasteiger partial charge on any atom is -0.350 e. The summed E-state index contributed by atoms with van der Waals surface area (Å²) in [5.74, 6) is -0.567. The maximum absolute atomic E-state index is 11.7. The van der Waals surface area contributed by atoms with Crippen molar-refractivity contribution in [3.05, 3.63) is 23.5 Å². The van der Waals surface area contributed by atoms with E-state index in [0.717, 1.165) is 10.7 Å². The number of fused-ring (bicyclic) bond motifs is 1. The van der Waals surface area contributed by atoms with E-state index in [2.05, 4.69) is 20.9 Å². The van der Waals surface area contributed by atoms with E-state index in [1.54, 1.807) is 0 Å². The molecule has 0 radical (unpaired) electrons. The first-order chi connectivity index (χ1) is 10.1. The Kier molecular flexibility index (Phi) is 3.57. The number of amides is 4. The van der Waals surface area contributed by atoms with E-state index in [4.69, 9.17) is 0 Å². The van der Waals surface area contributed by atoms with Crippen molar-refractivity contribution >= 4 is 34.1 Å². The monoisotopic (exact) mass is 307 g/mol. The van der Waals surface area contributed by atoms with E-state index < -0.39 is 12.1 Å². The van der Waals surface area contributed by atoms with Crippen LogP contribution in [0.25, 0.3) is 4.96 Å². The van der Waals surface area contributed by atoms with Crippen molar-refractivity contribution in [3.63, 3.8) is 0 Å². The molecule has 9 heteroatoms. The van der Waals surface area contributed by atoms with Crippen LogP contribution in [0, 0.1) is 0 Å². The van der Waals surface area contributed by atoms with Gasteiger partial charge >= 0.3 is 6.03 Å². The molecule has 0 aromatic carbocycles. The Morgan fingerprint density at radius 2 is 2.33 bits per heavy atom. The highest BCUT2D eigenvalue weighted by molar-refractivity contribution is 7.15. The van der Waals surface area contributed by atoms with Gasteiger partial charge in [-0.3, -0.25) is 19.3 Å². The maximum atomic E-state index is 11.7. The standard InChI is InChI=1S/C12H13N5O3S/c18-9(2-1-8-10(19)16-11(20)15-8)13-5-7-6-17-3-4-21-12(17)14-7/h3-4,6,8H,1-2,5H2,(H,13,18)(H2,15,16,19,20). The van der Waals surface area contributed by atoms with Crippen molar-refractivity contribution in [2.24, 2.45) is 0 Å². The zero-order valence-electron chi connectivity index (χ0n) is 11.0. The molecule has 1 unspecified atom stereocenters. The predicted octanol–water partition coefficient (Wildman–Crippen LogP) is 0.000200. The third-order valence-electron chi connectivity index (χ3n) is 3.13. The smallest absolute Gasteiger partial charge is 0.322 e. The van der Waals surface area contributed by atoms with Gasteiger partial charge in [0.15, 0.2) is 4.96 Å². The second-order valence-corrected chi connectivity index (χ2v) is 5.53.